The van der Waals surface area contributed by atoms with Gasteiger partial charge in [-0.3, -0.25) is 14.3 Å². The van der Waals surface area contributed by atoms with Crippen molar-refractivity contribution in [3.63, 3.8) is 0 Å². The highest BCUT2D eigenvalue weighted by Gasteiger charge is 2.09. The van der Waals surface area contributed by atoms with Crippen LogP contribution in [0, 0.1) is 13.8 Å². The predicted octanol–water partition coefficient (Wildman–Crippen LogP) is 3.05. The highest BCUT2D eigenvalue weighted by Crippen LogP contribution is 2.12. The van der Waals surface area contributed by atoms with Gasteiger partial charge in [0, 0.05) is 30.9 Å². The molecule has 140 valence electrons. The Morgan fingerprint density at radius 2 is 1.93 bits per heavy atom. The van der Waals surface area contributed by atoms with E-state index >= 15 is 0 Å². The molecule has 2 N–H and O–H groups in total. The molecule has 0 saturated heterocycles. The molecule has 0 aliphatic heterocycles. The number of furan rings is 1. The van der Waals surface area contributed by atoms with Crippen molar-refractivity contribution in [2.45, 2.75) is 33.4 Å². The van der Waals surface area contributed by atoms with E-state index in [1.54, 1.807) is 24.3 Å². The Morgan fingerprint density at radius 1 is 1.15 bits per heavy atom. The molecule has 3 aromatic rings. The maximum atomic E-state index is 12.0. The van der Waals surface area contributed by atoms with Crippen molar-refractivity contribution in [2.24, 2.45) is 0 Å². The van der Waals surface area contributed by atoms with E-state index in [4.69, 9.17) is 4.42 Å². The van der Waals surface area contributed by atoms with Crippen LogP contribution in [0.5, 0.6) is 0 Å². The Bertz CT molecular complexity index is 911. The first-order valence-electron chi connectivity index (χ1n) is 8.73. The van der Waals surface area contributed by atoms with Crippen molar-refractivity contribution < 1.29 is 14.0 Å². The molecule has 0 spiro atoms. The minimum Gasteiger partial charge on any atom is -0.459 e. The van der Waals surface area contributed by atoms with Gasteiger partial charge in [-0.25, -0.2) is 0 Å². The summed E-state index contributed by atoms with van der Waals surface area (Å²) >= 11 is 0. The zero-order chi connectivity index (χ0) is 19.2. The van der Waals surface area contributed by atoms with E-state index in [0.29, 0.717) is 25.2 Å². The van der Waals surface area contributed by atoms with Gasteiger partial charge in [0.1, 0.15) is 0 Å². The Labute approximate surface area is 157 Å². The SMILES string of the molecule is Cc1cc(C)n(CCC(=O)NCc2ccc(NC(=O)c3ccco3)cc2)n1. The molecule has 2 amide bonds. The first-order chi connectivity index (χ1) is 13.0. The fraction of sp³-hybridized carbons (Fsp3) is 0.250. The molecule has 7 nitrogen and oxygen atoms in total. The molecular weight excluding hydrogens is 344 g/mol. The molecular formula is C20H22N4O3. The lowest BCUT2D eigenvalue weighted by atomic mass is 10.2. The van der Waals surface area contributed by atoms with Gasteiger partial charge in [-0.15, -0.1) is 0 Å². The number of aryl methyl sites for hydroxylation is 3. The van der Waals surface area contributed by atoms with Crippen LogP contribution in [0.1, 0.15) is 33.9 Å². The van der Waals surface area contributed by atoms with Crippen LogP contribution in [0.15, 0.2) is 53.1 Å². The van der Waals surface area contributed by atoms with Gasteiger partial charge in [0.15, 0.2) is 5.76 Å². The third-order valence-electron chi connectivity index (χ3n) is 4.10. The molecule has 2 heterocycles. The van der Waals surface area contributed by atoms with E-state index in [0.717, 1.165) is 17.0 Å². The number of nitrogens with one attached hydrogen (secondary N) is 2. The summed E-state index contributed by atoms with van der Waals surface area (Å²) in [4.78, 5) is 24.0. The smallest absolute Gasteiger partial charge is 0.291 e. The van der Waals surface area contributed by atoms with Crippen molar-refractivity contribution in [2.75, 3.05) is 5.32 Å². The lowest BCUT2D eigenvalue weighted by Gasteiger charge is -2.08. The van der Waals surface area contributed by atoms with Crippen LogP contribution in [0.4, 0.5) is 5.69 Å². The normalized spacial score (nSPS) is 10.6. The largest absolute Gasteiger partial charge is 0.459 e. The van der Waals surface area contributed by atoms with Crippen molar-refractivity contribution in [1.29, 1.82) is 0 Å². The number of aromatic nitrogens is 2. The minimum atomic E-state index is -0.301. The molecule has 0 unspecified atom stereocenters. The van der Waals surface area contributed by atoms with Crippen molar-refractivity contribution >= 4 is 17.5 Å². The first-order valence-corrected chi connectivity index (χ1v) is 8.73. The summed E-state index contributed by atoms with van der Waals surface area (Å²) in [6.07, 6.45) is 1.83. The third kappa shape index (κ3) is 5.07. The predicted molar refractivity (Wildman–Crippen MR) is 101 cm³/mol. The zero-order valence-electron chi connectivity index (χ0n) is 15.4. The van der Waals surface area contributed by atoms with Crippen LogP contribution in [-0.4, -0.2) is 21.6 Å². The molecule has 27 heavy (non-hydrogen) atoms. The van der Waals surface area contributed by atoms with Crippen molar-refractivity contribution in [3.05, 3.63) is 71.4 Å². The number of amides is 2. The monoisotopic (exact) mass is 366 g/mol. The van der Waals surface area contributed by atoms with Gasteiger partial charge in [0.25, 0.3) is 5.91 Å². The van der Waals surface area contributed by atoms with Crippen molar-refractivity contribution in [3.8, 4) is 0 Å². The number of benzene rings is 1. The first kappa shape index (κ1) is 18.4. The molecule has 0 atom stereocenters. The van der Waals surface area contributed by atoms with Crippen LogP contribution in [0.25, 0.3) is 0 Å². The van der Waals surface area contributed by atoms with E-state index < -0.39 is 0 Å². The van der Waals surface area contributed by atoms with Gasteiger partial charge in [-0.05, 0) is 49.7 Å². The van der Waals surface area contributed by atoms with Gasteiger partial charge in [-0.2, -0.15) is 5.10 Å². The lowest BCUT2D eigenvalue weighted by molar-refractivity contribution is -0.121. The maximum absolute atomic E-state index is 12.0. The van der Waals surface area contributed by atoms with Gasteiger partial charge in [0.05, 0.1) is 12.0 Å². The van der Waals surface area contributed by atoms with E-state index in [1.165, 1.54) is 6.26 Å². The number of nitrogens with zero attached hydrogens (tertiary/aromatic N) is 2. The average Bonchev–Trinajstić information content (AvgIpc) is 3.29. The van der Waals surface area contributed by atoms with E-state index in [9.17, 15) is 9.59 Å². The molecule has 1 aromatic carbocycles. The van der Waals surface area contributed by atoms with Crippen LogP contribution in [0.2, 0.25) is 0 Å². The van der Waals surface area contributed by atoms with Gasteiger partial charge >= 0.3 is 0 Å². The topological polar surface area (TPSA) is 89.2 Å². The summed E-state index contributed by atoms with van der Waals surface area (Å²) in [5.41, 5.74) is 3.61. The summed E-state index contributed by atoms with van der Waals surface area (Å²) < 4.78 is 6.89. The molecule has 0 radical (unpaired) electrons. The number of anilines is 1. The standard InChI is InChI=1S/C20H22N4O3/c1-14-12-15(2)24(23-14)10-9-19(25)21-13-16-5-7-17(8-6-16)22-20(26)18-4-3-11-27-18/h3-8,11-12H,9-10,13H2,1-2H3,(H,21,25)(H,22,26). The van der Waals surface area contributed by atoms with Gasteiger partial charge in [0.2, 0.25) is 5.91 Å². The Balaban J connectivity index is 1.44. The van der Waals surface area contributed by atoms with Crippen LogP contribution < -0.4 is 10.6 Å². The van der Waals surface area contributed by atoms with E-state index in [2.05, 4.69) is 15.7 Å². The molecule has 2 aromatic heterocycles. The number of rotatable bonds is 7. The minimum absolute atomic E-state index is 0.0299. The second kappa shape index (κ2) is 8.35. The van der Waals surface area contributed by atoms with E-state index in [-0.39, 0.29) is 17.6 Å². The second-order valence-electron chi connectivity index (χ2n) is 6.31. The van der Waals surface area contributed by atoms with Crippen LogP contribution in [0.3, 0.4) is 0 Å². The molecule has 0 fully saturated rings. The van der Waals surface area contributed by atoms with Gasteiger partial charge in [-0.1, -0.05) is 12.1 Å². The summed E-state index contributed by atoms with van der Waals surface area (Å²) in [6, 6.07) is 12.6. The summed E-state index contributed by atoms with van der Waals surface area (Å²) in [5, 5.41) is 10.00. The summed E-state index contributed by atoms with van der Waals surface area (Å²) in [6.45, 7) is 4.90. The Hall–Kier alpha value is -3.35. The fourth-order valence-corrected chi connectivity index (χ4v) is 2.70. The molecule has 0 aliphatic carbocycles. The number of hydrogen-bond acceptors (Lipinski definition) is 4. The average molecular weight is 366 g/mol. The highest BCUT2D eigenvalue weighted by molar-refractivity contribution is 6.02. The highest BCUT2D eigenvalue weighted by atomic mass is 16.3. The Morgan fingerprint density at radius 3 is 2.56 bits per heavy atom. The van der Waals surface area contributed by atoms with Crippen molar-refractivity contribution in [1.82, 2.24) is 15.1 Å². The summed E-state index contributed by atoms with van der Waals surface area (Å²) in [7, 11) is 0. The molecule has 3 rings (SSSR count). The maximum Gasteiger partial charge on any atom is 0.291 e. The fourth-order valence-electron chi connectivity index (χ4n) is 2.70. The third-order valence-corrected chi connectivity index (χ3v) is 4.10. The molecule has 7 heteroatoms. The Kier molecular flexibility index (Phi) is 5.71. The van der Waals surface area contributed by atoms with Crippen LogP contribution in [-0.2, 0) is 17.9 Å². The molecule has 0 saturated carbocycles. The number of carbonyl (C=O) groups is 2. The van der Waals surface area contributed by atoms with E-state index in [1.807, 2.05) is 36.7 Å². The summed E-state index contributed by atoms with van der Waals surface area (Å²) in [5.74, 6) is -0.0723. The van der Waals surface area contributed by atoms with Gasteiger partial charge < -0.3 is 15.1 Å². The number of carbonyl (C=O) groups excluding carboxylic acids is 2. The molecule has 0 aliphatic rings. The molecule has 0 bridgehead atoms. The van der Waals surface area contributed by atoms with Crippen LogP contribution >= 0.6 is 0 Å². The second-order valence-corrected chi connectivity index (χ2v) is 6.31. The lowest BCUT2D eigenvalue weighted by Crippen LogP contribution is -2.24. The number of hydrogen-bond donors (Lipinski definition) is 2. The quantitative estimate of drug-likeness (QED) is 0.673. The zero-order valence-corrected chi connectivity index (χ0v) is 15.4.